The van der Waals surface area contributed by atoms with Crippen LogP contribution in [0.2, 0.25) is 0 Å². The van der Waals surface area contributed by atoms with E-state index in [0.29, 0.717) is 19.3 Å². The minimum Gasteiger partial charge on any atom is -0.433 e. The zero-order chi connectivity index (χ0) is 19.6. The fourth-order valence-electron chi connectivity index (χ4n) is 2.94. The molecule has 2 aromatic rings. The van der Waals surface area contributed by atoms with Gasteiger partial charge in [-0.25, -0.2) is 4.79 Å². The average Bonchev–Trinajstić information content (AvgIpc) is 2.92. The molecule has 27 heavy (non-hydrogen) atoms. The van der Waals surface area contributed by atoms with Gasteiger partial charge in [0, 0.05) is 11.3 Å². The van der Waals surface area contributed by atoms with Crippen molar-refractivity contribution in [3.05, 3.63) is 40.3 Å². The fraction of sp³-hybridized carbons (Fsp3) is 0.294. The summed E-state index contributed by atoms with van der Waals surface area (Å²) >= 11 is 1.16. The number of rotatable bonds is 5. The number of thiophene rings is 1. The molecule has 3 rings (SSSR count). The Kier molecular flexibility index (Phi) is 5.57. The first kappa shape index (κ1) is 19.1. The Labute approximate surface area is 157 Å². The summed E-state index contributed by atoms with van der Waals surface area (Å²) in [5.74, 6) is -0.869. The monoisotopic (exact) mass is 397 g/mol. The number of carbonyl (C=O) groups is 2. The molecule has 1 aromatic carbocycles. The number of hydrogen-bond donors (Lipinski definition) is 4. The zero-order valence-corrected chi connectivity index (χ0v) is 14.8. The van der Waals surface area contributed by atoms with Gasteiger partial charge in [0.1, 0.15) is 10.8 Å². The maximum atomic E-state index is 12.5. The number of carbonyl (C=O) groups excluding carboxylic acids is 2. The van der Waals surface area contributed by atoms with E-state index in [-0.39, 0.29) is 22.0 Å². The van der Waals surface area contributed by atoms with Crippen LogP contribution in [-0.2, 0) is 12.8 Å². The predicted octanol–water partition coefficient (Wildman–Crippen LogP) is 2.94. The number of aliphatic hydroxyl groups is 1. The van der Waals surface area contributed by atoms with E-state index in [9.17, 15) is 23.5 Å². The molecule has 0 radical (unpaired) electrons. The summed E-state index contributed by atoms with van der Waals surface area (Å²) in [5.41, 5.74) is 6.45. The largest absolute Gasteiger partial charge is 0.433 e. The van der Waals surface area contributed by atoms with Crippen molar-refractivity contribution in [1.82, 2.24) is 0 Å². The van der Waals surface area contributed by atoms with Gasteiger partial charge in [0.25, 0.3) is 5.91 Å². The Hall–Kier alpha value is -2.72. The number of fused-ring (bicyclic) bond motifs is 1. The van der Waals surface area contributed by atoms with Crippen molar-refractivity contribution in [3.63, 3.8) is 0 Å². The van der Waals surface area contributed by atoms with Crippen molar-refractivity contribution in [2.24, 2.45) is 5.73 Å². The molecule has 3 amide bonds. The van der Waals surface area contributed by atoms with Gasteiger partial charge in [0.2, 0.25) is 0 Å². The Morgan fingerprint density at radius 2 is 2.04 bits per heavy atom. The number of alkyl halides is 2. The van der Waals surface area contributed by atoms with Gasteiger partial charge in [0.15, 0.2) is 0 Å². The topological polar surface area (TPSA) is 114 Å². The first-order valence-corrected chi connectivity index (χ1v) is 8.91. The van der Waals surface area contributed by atoms with Crippen molar-refractivity contribution < 1.29 is 28.2 Å². The Morgan fingerprint density at radius 1 is 1.30 bits per heavy atom. The second-order valence-corrected chi connectivity index (χ2v) is 7.03. The van der Waals surface area contributed by atoms with E-state index >= 15 is 0 Å². The molecule has 10 heteroatoms. The van der Waals surface area contributed by atoms with Crippen molar-refractivity contribution in [2.75, 3.05) is 10.6 Å². The normalized spacial score (nSPS) is 15.9. The Bertz CT molecular complexity index is 872. The van der Waals surface area contributed by atoms with Gasteiger partial charge in [-0.05, 0) is 30.5 Å². The lowest BCUT2D eigenvalue weighted by molar-refractivity contribution is -0.0493. The number of urea groups is 1. The van der Waals surface area contributed by atoms with E-state index in [1.807, 2.05) is 0 Å². The molecule has 1 aliphatic rings. The molecule has 0 saturated carbocycles. The SMILES string of the molecule is NC(=O)c1c(NC(=O)Nc2ccccc2OC(F)F)sc2c1CCC(O)C2. The van der Waals surface area contributed by atoms with Crippen molar-refractivity contribution in [3.8, 4) is 5.75 Å². The molecule has 1 heterocycles. The van der Waals surface area contributed by atoms with Crippen molar-refractivity contribution in [1.29, 1.82) is 0 Å². The van der Waals surface area contributed by atoms with Gasteiger partial charge in [-0.1, -0.05) is 12.1 Å². The Balaban J connectivity index is 1.80. The molecule has 7 nitrogen and oxygen atoms in total. The molecule has 0 aliphatic heterocycles. The third-order valence-electron chi connectivity index (χ3n) is 4.06. The summed E-state index contributed by atoms with van der Waals surface area (Å²) in [6.45, 7) is -3.03. The van der Waals surface area contributed by atoms with Gasteiger partial charge in [-0.2, -0.15) is 8.78 Å². The van der Waals surface area contributed by atoms with Crippen LogP contribution in [0.15, 0.2) is 24.3 Å². The summed E-state index contributed by atoms with van der Waals surface area (Å²) in [6, 6.07) is 5.00. The molecule has 0 fully saturated rings. The first-order valence-electron chi connectivity index (χ1n) is 8.09. The lowest BCUT2D eigenvalue weighted by Gasteiger charge is -2.17. The minimum atomic E-state index is -3.03. The van der Waals surface area contributed by atoms with Gasteiger partial charge in [-0.3, -0.25) is 10.1 Å². The molecular formula is C17H17F2N3O4S. The van der Waals surface area contributed by atoms with Crippen LogP contribution in [0.4, 0.5) is 24.3 Å². The van der Waals surface area contributed by atoms with E-state index in [0.717, 1.165) is 21.8 Å². The van der Waals surface area contributed by atoms with E-state index in [2.05, 4.69) is 15.4 Å². The summed E-state index contributed by atoms with van der Waals surface area (Å²) in [7, 11) is 0. The number of anilines is 2. The first-order chi connectivity index (χ1) is 12.8. The molecule has 0 bridgehead atoms. The number of ether oxygens (including phenoxy) is 1. The van der Waals surface area contributed by atoms with E-state index < -0.39 is 24.7 Å². The van der Waals surface area contributed by atoms with Crippen LogP contribution in [0, 0.1) is 0 Å². The fourth-order valence-corrected chi connectivity index (χ4v) is 4.26. The number of hydrogen-bond acceptors (Lipinski definition) is 5. The quantitative estimate of drug-likeness (QED) is 0.621. The molecule has 144 valence electrons. The third kappa shape index (κ3) is 4.34. The summed E-state index contributed by atoms with van der Waals surface area (Å²) in [6.07, 6.45) is 0.874. The second-order valence-electron chi connectivity index (χ2n) is 5.92. The highest BCUT2D eigenvalue weighted by Crippen LogP contribution is 2.38. The number of nitrogens with one attached hydrogen (secondary N) is 2. The van der Waals surface area contributed by atoms with Crippen LogP contribution < -0.4 is 21.1 Å². The maximum Gasteiger partial charge on any atom is 0.387 e. The molecule has 1 unspecified atom stereocenters. The average molecular weight is 397 g/mol. The number of nitrogens with two attached hydrogens (primary N) is 1. The van der Waals surface area contributed by atoms with Gasteiger partial charge in [-0.15, -0.1) is 11.3 Å². The van der Waals surface area contributed by atoms with Crippen LogP contribution in [0.3, 0.4) is 0 Å². The second kappa shape index (κ2) is 7.89. The zero-order valence-electron chi connectivity index (χ0n) is 14.0. The summed E-state index contributed by atoms with van der Waals surface area (Å²) in [5, 5.41) is 15.0. The summed E-state index contributed by atoms with van der Waals surface area (Å²) < 4.78 is 29.3. The number of halogens is 2. The number of benzene rings is 1. The number of primary amides is 1. The van der Waals surface area contributed by atoms with E-state index in [4.69, 9.17) is 5.73 Å². The van der Waals surface area contributed by atoms with Gasteiger partial charge < -0.3 is 20.9 Å². The van der Waals surface area contributed by atoms with Crippen molar-refractivity contribution in [2.45, 2.75) is 32.0 Å². The number of para-hydroxylation sites is 2. The molecule has 0 saturated heterocycles. The van der Waals surface area contributed by atoms with Crippen molar-refractivity contribution >= 4 is 34.0 Å². The molecule has 5 N–H and O–H groups in total. The van der Waals surface area contributed by atoms with E-state index in [1.54, 1.807) is 6.07 Å². The standard InChI is InChI=1S/C17H17F2N3O4S/c18-16(19)26-11-4-2-1-3-10(11)21-17(25)22-15-13(14(20)24)9-6-5-8(23)7-12(9)27-15/h1-4,8,16,23H,5-7H2,(H2,20,24)(H2,21,22,25). The van der Waals surface area contributed by atoms with Crippen LogP contribution in [0.25, 0.3) is 0 Å². The highest BCUT2D eigenvalue weighted by molar-refractivity contribution is 7.17. The lowest BCUT2D eigenvalue weighted by atomic mass is 9.93. The van der Waals surface area contributed by atoms with Crippen LogP contribution in [-0.4, -0.2) is 29.8 Å². The number of amides is 3. The maximum absolute atomic E-state index is 12.5. The molecule has 1 aromatic heterocycles. The predicted molar refractivity (Wildman–Crippen MR) is 96.6 cm³/mol. The van der Waals surface area contributed by atoms with Crippen LogP contribution in [0.1, 0.15) is 27.2 Å². The van der Waals surface area contributed by atoms with Gasteiger partial charge in [0.05, 0.1) is 17.4 Å². The van der Waals surface area contributed by atoms with E-state index in [1.165, 1.54) is 18.2 Å². The molecule has 1 atom stereocenters. The molecular weight excluding hydrogens is 380 g/mol. The van der Waals surface area contributed by atoms with Gasteiger partial charge >= 0.3 is 12.6 Å². The lowest BCUT2D eigenvalue weighted by Crippen LogP contribution is -2.23. The third-order valence-corrected chi connectivity index (χ3v) is 5.23. The highest BCUT2D eigenvalue weighted by atomic mass is 32.1. The summed E-state index contributed by atoms with van der Waals surface area (Å²) in [4.78, 5) is 24.9. The molecule has 0 spiro atoms. The van der Waals surface area contributed by atoms with Crippen LogP contribution in [0.5, 0.6) is 5.75 Å². The minimum absolute atomic E-state index is 0.0488. The number of aliphatic hydroxyl groups excluding tert-OH is 1. The Morgan fingerprint density at radius 3 is 2.74 bits per heavy atom. The van der Waals surface area contributed by atoms with Crippen LogP contribution >= 0.6 is 11.3 Å². The highest BCUT2D eigenvalue weighted by Gasteiger charge is 2.28. The molecule has 1 aliphatic carbocycles. The smallest absolute Gasteiger partial charge is 0.387 e.